The number of ether oxygens (including phenoxy) is 1. The first-order chi connectivity index (χ1) is 14.1. The maximum atomic E-state index is 12.6. The van der Waals surface area contributed by atoms with E-state index < -0.39 is 0 Å². The van der Waals surface area contributed by atoms with Crippen molar-refractivity contribution < 1.29 is 13.9 Å². The van der Waals surface area contributed by atoms with Crippen LogP contribution >= 0.6 is 0 Å². The Labute approximate surface area is 171 Å². The van der Waals surface area contributed by atoms with Crippen molar-refractivity contribution in [1.29, 1.82) is 0 Å². The lowest BCUT2D eigenvalue weighted by atomic mass is 10.00. The number of fused-ring (bicyclic) bond motifs is 1. The highest BCUT2D eigenvalue weighted by atomic mass is 16.5. The third-order valence-electron chi connectivity index (χ3n) is 5.30. The quantitative estimate of drug-likeness (QED) is 0.688. The molecule has 29 heavy (non-hydrogen) atoms. The van der Waals surface area contributed by atoms with Gasteiger partial charge >= 0.3 is 0 Å². The first kappa shape index (κ1) is 19.3. The zero-order valence-corrected chi connectivity index (χ0v) is 16.9. The third-order valence-corrected chi connectivity index (χ3v) is 5.30. The molecule has 0 saturated heterocycles. The molecule has 1 amide bonds. The summed E-state index contributed by atoms with van der Waals surface area (Å²) in [4.78, 5) is 15.0. The molecule has 0 bridgehead atoms. The smallest absolute Gasteiger partial charge is 0.287 e. The minimum absolute atomic E-state index is 0.0260. The molecule has 0 spiro atoms. The van der Waals surface area contributed by atoms with E-state index in [0.29, 0.717) is 11.5 Å². The Bertz CT molecular complexity index is 995. The van der Waals surface area contributed by atoms with Gasteiger partial charge in [-0.05, 0) is 48.7 Å². The summed E-state index contributed by atoms with van der Waals surface area (Å²) in [7, 11) is 1.63. The Balaban J connectivity index is 1.35. The maximum Gasteiger partial charge on any atom is 0.287 e. The normalized spacial score (nSPS) is 14.8. The van der Waals surface area contributed by atoms with Crippen LogP contribution < -0.4 is 10.1 Å². The fraction of sp³-hybridized carbons (Fsp3) is 0.292. The van der Waals surface area contributed by atoms with Crippen molar-refractivity contribution >= 4 is 5.91 Å². The minimum Gasteiger partial charge on any atom is -0.497 e. The zero-order valence-electron chi connectivity index (χ0n) is 16.9. The molecule has 4 rings (SSSR count). The van der Waals surface area contributed by atoms with Crippen molar-refractivity contribution in [1.82, 2.24) is 10.2 Å². The van der Waals surface area contributed by atoms with Crippen LogP contribution in [0.1, 0.15) is 28.6 Å². The molecule has 1 aliphatic heterocycles. The Morgan fingerprint density at radius 1 is 1.14 bits per heavy atom. The molecule has 0 fully saturated rings. The van der Waals surface area contributed by atoms with Gasteiger partial charge in [0.15, 0.2) is 5.76 Å². The summed E-state index contributed by atoms with van der Waals surface area (Å²) < 4.78 is 11.0. The van der Waals surface area contributed by atoms with E-state index in [9.17, 15) is 4.79 Å². The van der Waals surface area contributed by atoms with Crippen molar-refractivity contribution in [2.45, 2.75) is 25.9 Å². The van der Waals surface area contributed by atoms with Crippen LogP contribution in [-0.2, 0) is 13.0 Å². The van der Waals surface area contributed by atoms with E-state index in [1.54, 1.807) is 13.2 Å². The predicted molar refractivity (Wildman–Crippen MR) is 113 cm³/mol. The zero-order chi connectivity index (χ0) is 20.2. The molecule has 2 heterocycles. The third kappa shape index (κ3) is 4.51. The van der Waals surface area contributed by atoms with E-state index in [0.717, 1.165) is 37.4 Å². The summed E-state index contributed by atoms with van der Waals surface area (Å²) >= 11 is 0. The first-order valence-electron chi connectivity index (χ1n) is 9.96. The van der Waals surface area contributed by atoms with Gasteiger partial charge in [0.05, 0.1) is 7.11 Å². The fourth-order valence-corrected chi connectivity index (χ4v) is 3.83. The van der Waals surface area contributed by atoms with Crippen molar-refractivity contribution in [3.05, 3.63) is 77.6 Å². The van der Waals surface area contributed by atoms with E-state index in [2.05, 4.69) is 34.5 Å². The summed E-state index contributed by atoms with van der Waals surface area (Å²) in [5.74, 6) is 1.53. The molecular weight excluding hydrogens is 364 g/mol. The fourth-order valence-electron chi connectivity index (χ4n) is 3.83. The second-order valence-corrected chi connectivity index (χ2v) is 7.52. The van der Waals surface area contributed by atoms with Gasteiger partial charge in [-0.1, -0.05) is 36.4 Å². The van der Waals surface area contributed by atoms with Crippen LogP contribution in [0.2, 0.25) is 0 Å². The van der Waals surface area contributed by atoms with E-state index in [1.807, 2.05) is 37.3 Å². The molecule has 5 nitrogen and oxygen atoms in total. The van der Waals surface area contributed by atoms with Gasteiger partial charge < -0.3 is 14.5 Å². The van der Waals surface area contributed by atoms with Gasteiger partial charge in [-0.25, -0.2) is 0 Å². The number of carbonyl (C=O) groups excluding carboxylic acids is 1. The van der Waals surface area contributed by atoms with Gasteiger partial charge in [0.2, 0.25) is 0 Å². The van der Waals surface area contributed by atoms with Crippen molar-refractivity contribution in [3.63, 3.8) is 0 Å². The van der Waals surface area contributed by atoms with Crippen LogP contribution in [0.5, 0.6) is 5.75 Å². The SMILES string of the molecule is COc1cccc(-c2ccc(C(=O)NC(C)CN3CCc4ccccc4C3)o2)c1. The van der Waals surface area contributed by atoms with Crippen LogP contribution in [-0.4, -0.2) is 37.0 Å². The van der Waals surface area contributed by atoms with Crippen molar-refractivity contribution in [3.8, 4) is 17.1 Å². The number of rotatable bonds is 6. The number of carbonyl (C=O) groups is 1. The molecule has 1 aromatic heterocycles. The summed E-state index contributed by atoms with van der Waals surface area (Å²) in [5, 5.41) is 3.06. The summed E-state index contributed by atoms with van der Waals surface area (Å²) in [6, 6.07) is 19.7. The standard InChI is InChI=1S/C24H26N2O3/c1-17(15-26-13-12-18-6-3-4-7-20(18)16-26)25-24(27)23-11-10-22(29-23)19-8-5-9-21(14-19)28-2/h3-11,14,17H,12-13,15-16H2,1-2H3,(H,25,27). The summed E-state index contributed by atoms with van der Waals surface area (Å²) in [6.07, 6.45) is 1.05. The van der Waals surface area contributed by atoms with Crippen LogP contribution in [0.4, 0.5) is 0 Å². The second-order valence-electron chi connectivity index (χ2n) is 7.52. The number of hydrogen-bond acceptors (Lipinski definition) is 4. The summed E-state index contributed by atoms with van der Waals surface area (Å²) in [5.41, 5.74) is 3.69. The van der Waals surface area contributed by atoms with E-state index in [-0.39, 0.29) is 11.9 Å². The molecule has 1 N–H and O–H groups in total. The lowest BCUT2D eigenvalue weighted by molar-refractivity contribution is 0.0900. The Kier molecular flexibility index (Phi) is 5.67. The molecule has 0 aliphatic carbocycles. The number of amides is 1. The largest absolute Gasteiger partial charge is 0.497 e. The van der Waals surface area contributed by atoms with Crippen molar-refractivity contribution in [2.75, 3.05) is 20.2 Å². The monoisotopic (exact) mass is 390 g/mol. The molecule has 3 aromatic rings. The van der Waals surface area contributed by atoms with Gasteiger partial charge in [0, 0.05) is 31.2 Å². The topological polar surface area (TPSA) is 54.7 Å². The molecular formula is C24H26N2O3. The number of hydrogen-bond donors (Lipinski definition) is 1. The van der Waals surface area contributed by atoms with Crippen LogP contribution in [0, 0.1) is 0 Å². The number of nitrogens with zero attached hydrogens (tertiary/aromatic N) is 1. The van der Waals surface area contributed by atoms with Gasteiger partial charge in [-0.2, -0.15) is 0 Å². The molecule has 1 unspecified atom stereocenters. The van der Waals surface area contributed by atoms with Crippen LogP contribution in [0.25, 0.3) is 11.3 Å². The average molecular weight is 390 g/mol. The lowest BCUT2D eigenvalue weighted by Gasteiger charge is -2.30. The number of nitrogens with one attached hydrogen (secondary N) is 1. The van der Waals surface area contributed by atoms with Gasteiger partial charge in [0.1, 0.15) is 11.5 Å². The lowest BCUT2D eigenvalue weighted by Crippen LogP contribution is -2.43. The molecule has 150 valence electrons. The van der Waals surface area contributed by atoms with Gasteiger partial charge in [0.25, 0.3) is 5.91 Å². The van der Waals surface area contributed by atoms with E-state index >= 15 is 0 Å². The van der Waals surface area contributed by atoms with Gasteiger partial charge in [-0.15, -0.1) is 0 Å². The Hall–Kier alpha value is -3.05. The predicted octanol–water partition coefficient (Wildman–Crippen LogP) is 4.13. The Morgan fingerprint density at radius 2 is 1.97 bits per heavy atom. The molecule has 0 radical (unpaired) electrons. The first-order valence-corrected chi connectivity index (χ1v) is 9.96. The van der Waals surface area contributed by atoms with E-state index in [1.165, 1.54) is 11.1 Å². The van der Waals surface area contributed by atoms with Crippen molar-refractivity contribution in [2.24, 2.45) is 0 Å². The number of methoxy groups -OCH3 is 1. The molecule has 5 heteroatoms. The minimum atomic E-state index is -0.191. The second kappa shape index (κ2) is 8.53. The number of benzene rings is 2. The average Bonchev–Trinajstić information content (AvgIpc) is 3.24. The molecule has 0 saturated carbocycles. The summed E-state index contributed by atoms with van der Waals surface area (Å²) in [6.45, 7) is 4.78. The highest BCUT2D eigenvalue weighted by Crippen LogP contribution is 2.26. The number of furan rings is 1. The van der Waals surface area contributed by atoms with Crippen LogP contribution in [0.15, 0.2) is 65.1 Å². The van der Waals surface area contributed by atoms with E-state index in [4.69, 9.17) is 9.15 Å². The molecule has 2 aromatic carbocycles. The van der Waals surface area contributed by atoms with Crippen LogP contribution in [0.3, 0.4) is 0 Å². The molecule has 1 aliphatic rings. The molecule has 1 atom stereocenters. The highest BCUT2D eigenvalue weighted by Gasteiger charge is 2.20. The van der Waals surface area contributed by atoms with Gasteiger partial charge in [-0.3, -0.25) is 9.69 Å². The highest BCUT2D eigenvalue weighted by molar-refractivity contribution is 5.92. The maximum absolute atomic E-state index is 12.6. The Morgan fingerprint density at radius 3 is 2.79 bits per heavy atom.